The zero-order valence-corrected chi connectivity index (χ0v) is 17.8. The lowest BCUT2D eigenvalue weighted by Gasteiger charge is -2.27. The number of carbonyl (C=O) groups excluding carboxylic acids is 2. The lowest BCUT2D eigenvalue weighted by Crippen LogP contribution is -2.45. The molecule has 3 aliphatic rings. The van der Waals surface area contributed by atoms with Crippen molar-refractivity contribution in [2.75, 3.05) is 20.2 Å². The van der Waals surface area contributed by atoms with Gasteiger partial charge in [0.25, 0.3) is 0 Å². The molecule has 3 heterocycles. The van der Waals surface area contributed by atoms with Crippen LogP contribution in [0.5, 0.6) is 5.75 Å². The first-order chi connectivity index (χ1) is 15.1. The molecule has 0 aliphatic carbocycles. The van der Waals surface area contributed by atoms with Gasteiger partial charge in [0.15, 0.2) is 0 Å². The zero-order chi connectivity index (χ0) is 21.4. The standard InChI is InChI=1S/C25H28N2O4/c1-30-19-9-7-18(8-10-19)15-26-23(28)21-20-11-13-25(31-20)16-27(24(29)22(21)25)14-12-17-5-3-2-4-6-17/h2-10,20-22H,11-16H2,1H3,(H,26,28)/t20-,21-,22-,25+/m1/s1. The van der Waals surface area contributed by atoms with Gasteiger partial charge >= 0.3 is 0 Å². The average molecular weight is 421 g/mol. The molecule has 5 rings (SSSR count). The molecule has 2 aromatic rings. The predicted molar refractivity (Wildman–Crippen MR) is 115 cm³/mol. The summed E-state index contributed by atoms with van der Waals surface area (Å²) in [6.45, 7) is 1.69. The summed E-state index contributed by atoms with van der Waals surface area (Å²) < 4.78 is 11.5. The van der Waals surface area contributed by atoms with Crippen LogP contribution in [0.2, 0.25) is 0 Å². The van der Waals surface area contributed by atoms with Crippen LogP contribution < -0.4 is 10.1 Å². The second-order valence-electron chi connectivity index (χ2n) is 8.82. The molecule has 6 heteroatoms. The van der Waals surface area contributed by atoms with Crippen molar-refractivity contribution >= 4 is 11.8 Å². The molecule has 3 aliphatic heterocycles. The van der Waals surface area contributed by atoms with Crippen molar-refractivity contribution in [2.24, 2.45) is 11.8 Å². The van der Waals surface area contributed by atoms with E-state index in [-0.39, 0.29) is 23.8 Å². The second-order valence-corrected chi connectivity index (χ2v) is 8.82. The molecule has 2 aromatic carbocycles. The summed E-state index contributed by atoms with van der Waals surface area (Å²) in [5.74, 6) is 0.0122. The molecular weight excluding hydrogens is 392 g/mol. The number of nitrogens with zero attached hydrogens (tertiary/aromatic N) is 1. The minimum atomic E-state index is -0.486. The van der Waals surface area contributed by atoms with Gasteiger partial charge < -0.3 is 19.7 Å². The van der Waals surface area contributed by atoms with Gasteiger partial charge in [0.2, 0.25) is 11.8 Å². The second kappa shape index (κ2) is 8.00. The molecule has 6 nitrogen and oxygen atoms in total. The minimum absolute atomic E-state index is 0.0720. The van der Waals surface area contributed by atoms with Gasteiger partial charge in [-0.25, -0.2) is 0 Å². The molecule has 0 unspecified atom stereocenters. The molecule has 3 fully saturated rings. The highest BCUT2D eigenvalue weighted by atomic mass is 16.5. The first-order valence-corrected chi connectivity index (χ1v) is 11.0. The number of benzene rings is 2. The SMILES string of the molecule is COc1ccc(CNC(=O)[C@@H]2[C@H]3CC[C@@]4(CN(CCc5ccccc5)C(=O)[C@@H]24)O3)cc1. The largest absolute Gasteiger partial charge is 0.497 e. The van der Waals surface area contributed by atoms with E-state index in [1.54, 1.807) is 7.11 Å². The number of carbonyl (C=O) groups is 2. The summed E-state index contributed by atoms with van der Waals surface area (Å²) in [6.07, 6.45) is 2.36. The number of hydrogen-bond acceptors (Lipinski definition) is 4. The number of nitrogens with one attached hydrogen (secondary N) is 1. The highest BCUT2D eigenvalue weighted by Crippen LogP contribution is 2.55. The Hall–Kier alpha value is -2.86. The monoisotopic (exact) mass is 420 g/mol. The highest BCUT2D eigenvalue weighted by Gasteiger charge is 2.68. The molecule has 162 valence electrons. The zero-order valence-electron chi connectivity index (χ0n) is 17.8. The van der Waals surface area contributed by atoms with E-state index < -0.39 is 11.5 Å². The average Bonchev–Trinajstić information content (AvgIpc) is 3.45. The van der Waals surface area contributed by atoms with Crippen LogP contribution in [0.25, 0.3) is 0 Å². The normalized spacial score (nSPS) is 28.6. The van der Waals surface area contributed by atoms with Crippen molar-refractivity contribution in [2.45, 2.75) is 37.5 Å². The van der Waals surface area contributed by atoms with Gasteiger partial charge in [0.1, 0.15) is 5.75 Å². The highest BCUT2D eigenvalue weighted by molar-refractivity contribution is 5.92. The van der Waals surface area contributed by atoms with Crippen molar-refractivity contribution < 1.29 is 19.1 Å². The van der Waals surface area contributed by atoms with Crippen LogP contribution >= 0.6 is 0 Å². The quantitative estimate of drug-likeness (QED) is 0.748. The first kappa shape index (κ1) is 20.1. The Morgan fingerprint density at radius 3 is 2.68 bits per heavy atom. The van der Waals surface area contributed by atoms with Crippen molar-refractivity contribution in [3.63, 3.8) is 0 Å². The fraction of sp³-hybridized carbons (Fsp3) is 0.440. The van der Waals surface area contributed by atoms with E-state index >= 15 is 0 Å². The van der Waals surface area contributed by atoms with Gasteiger partial charge in [-0.2, -0.15) is 0 Å². The first-order valence-electron chi connectivity index (χ1n) is 11.0. The molecule has 2 bridgehead atoms. The van der Waals surface area contributed by atoms with Crippen LogP contribution in [0.15, 0.2) is 54.6 Å². The summed E-state index contributed by atoms with van der Waals surface area (Å²) in [6, 6.07) is 17.8. The van der Waals surface area contributed by atoms with Crippen LogP contribution in [0.1, 0.15) is 24.0 Å². The van der Waals surface area contributed by atoms with E-state index in [0.717, 1.165) is 30.6 Å². The number of likely N-dealkylation sites (tertiary alicyclic amines) is 1. The summed E-state index contributed by atoms with van der Waals surface area (Å²) in [5, 5.41) is 3.04. The molecule has 1 spiro atoms. The van der Waals surface area contributed by atoms with Gasteiger partial charge in [-0.1, -0.05) is 42.5 Å². The van der Waals surface area contributed by atoms with Crippen molar-refractivity contribution in [1.82, 2.24) is 10.2 Å². The van der Waals surface area contributed by atoms with Crippen LogP contribution in [-0.4, -0.2) is 48.6 Å². The molecule has 3 saturated heterocycles. The predicted octanol–water partition coefficient (Wildman–Crippen LogP) is 2.56. The summed E-state index contributed by atoms with van der Waals surface area (Å²) in [5.41, 5.74) is 1.72. The number of ether oxygens (including phenoxy) is 2. The molecule has 4 atom stereocenters. The van der Waals surface area contributed by atoms with E-state index in [2.05, 4.69) is 17.4 Å². The lowest BCUT2D eigenvalue weighted by molar-refractivity contribution is -0.138. The molecular formula is C25H28N2O4. The van der Waals surface area contributed by atoms with Crippen LogP contribution in [0.4, 0.5) is 0 Å². The van der Waals surface area contributed by atoms with E-state index in [0.29, 0.717) is 19.6 Å². The summed E-state index contributed by atoms with van der Waals surface area (Å²) in [7, 11) is 1.63. The van der Waals surface area contributed by atoms with E-state index in [9.17, 15) is 9.59 Å². The third-order valence-corrected chi connectivity index (χ3v) is 7.04. The Kier molecular flexibility index (Phi) is 5.18. The maximum atomic E-state index is 13.3. The Labute approximate surface area is 182 Å². The minimum Gasteiger partial charge on any atom is -0.497 e. The van der Waals surface area contributed by atoms with E-state index in [4.69, 9.17) is 9.47 Å². The number of rotatable bonds is 7. The van der Waals surface area contributed by atoms with Crippen molar-refractivity contribution in [3.8, 4) is 5.75 Å². The number of amides is 2. The van der Waals surface area contributed by atoms with Crippen LogP contribution in [0, 0.1) is 11.8 Å². The summed E-state index contributed by atoms with van der Waals surface area (Å²) in [4.78, 5) is 28.3. The molecule has 31 heavy (non-hydrogen) atoms. The molecule has 0 aromatic heterocycles. The Morgan fingerprint density at radius 1 is 1.16 bits per heavy atom. The van der Waals surface area contributed by atoms with Gasteiger partial charge in [-0.05, 0) is 42.5 Å². The maximum absolute atomic E-state index is 13.3. The fourth-order valence-electron chi connectivity index (χ4n) is 5.49. The van der Waals surface area contributed by atoms with Crippen LogP contribution in [-0.2, 0) is 27.3 Å². The Bertz CT molecular complexity index is 961. The number of fused-ring (bicyclic) bond motifs is 1. The van der Waals surface area contributed by atoms with Gasteiger partial charge in [-0.15, -0.1) is 0 Å². The van der Waals surface area contributed by atoms with Crippen LogP contribution in [0.3, 0.4) is 0 Å². The summed E-state index contributed by atoms with van der Waals surface area (Å²) >= 11 is 0. The molecule has 2 amide bonds. The lowest BCUT2D eigenvalue weighted by atomic mass is 9.73. The Morgan fingerprint density at radius 2 is 1.94 bits per heavy atom. The smallest absolute Gasteiger partial charge is 0.229 e. The van der Waals surface area contributed by atoms with Gasteiger partial charge in [0, 0.05) is 13.1 Å². The number of methoxy groups -OCH3 is 1. The number of hydrogen-bond donors (Lipinski definition) is 1. The van der Waals surface area contributed by atoms with E-state index in [1.165, 1.54) is 5.56 Å². The van der Waals surface area contributed by atoms with Crippen molar-refractivity contribution in [3.05, 3.63) is 65.7 Å². The van der Waals surface area contributed by atoms with Gasteiger partial charge in [-0.3, -0.25) is 9.59 Å². The van der Waals surface area contributed by atoms with Crippen molar-refractivity contribution in [1.29, 1.82) is 0 Å². The van der Waals surface area contributed by atoms with E-state index in [1.807, 2.05) is 47.4 Å². The topological polar surface area (TPSA) is 67.9 Å². The molecule has 1 N–H and O–H groups in total. The maximum Gasteiger partial charge on any atom is 0.229 e. The fourth-order valence-corrected chi connectivity index (χ4v) is 5.49. The Balaban J connectivity index is 1.25. The third-order valence-electron chi connectivity index (χ3n) is 7.04. The van der Waals surface area contributed by atoms with Gasteiger partial charge in [0.05, 0.1) is 37.2 Å². The molecule has 0 saturated carbocycles. The third kappa shape index (κ3) is 3.59. The molecule has 0 radical (unpaired) electrons.